The van der Waals surface area contributed by atoms with Crippen LogP contribution in [0.3, 0.4) is 0 Å². The van der Waals surface area contributed by atoms with Crippen molar-refractivity contribution >= 4 is 0 Å². The average molecular weight is 253 g/mol. The lowest BCUT2D eigenvalue weighted by atomic mass is 9.75. The standard InChI is InChI=1S/C15H31N3/c1-13-5-7-15(12-16,8-6-13)18-10-4-9-17(3)11-14(18)2/h13-14H,4-12,16H2,1-3H3. The third-order valence-electron chi connectivity index (χ3n) is 5.24. The third-order valence-corrected chi connectivity index (χ3v) is 5.24. The van der Waals surface area contributed by atoms with E-state index < -0.39 is 0 Å². The highest BCUT2D eigenvalue weighted by molar-refractivity contribution is 4.98. The summed E-state index contributed by atoms with van der Waals surface area (Å²) in [6.07, 6.45) is 6.61. The minimum absolute atomic E-state index is 0.303. The van der Waals surface area contributed by atoms with Gasteiger partial charge in [-0.3, -0.25) is 4.90 Å². The topological polar surface area (TPSA) is 32.5 Å². The molecule has 1 saturated carbocycles. The van der Waals surface area contributed by atoms with E-state index in [9.17, 15) is 0 Å². The molecule has 1 atom stereocenters. The Kier molecular flexibility index (Phi) is 4.68. The molecule has 0 aromatic heterocycles. The molecule has 1 saturated heterocycles. The number of nitrogens with two attached hydrogens (primary N) is 1. The normalized spacial score (nSPS) is 40.7. The van der Waals surface area contributed by atoms with Crippen LogP contribution in [0.4, 0.5) is 0 Å². The van der Waals surface area contributed by atoms with Gasteiger partial charge in [-0.1, -0.05) is 6.92 Å². The minimum atomic E-state index is 0.303. The van der Waals surface area contributed by atoms with Gasteiger partial charge in [0.15, 0.2) is 0 Å². The molecule has 0 radical (unpaired) electrons. The van der Waals surface area contributed by atoms with Crippen LogP contribution in [0.15, 0.2) is 0 Å². The van der Waals surface area contributed by atoms with Crippen molar-refractivity contribution in [2.75, 3.05) is 33.2 Å². The van der Waals surface area contributed by atoms with Crippen LogP contribution in [-0.4, -0.2) is 54.6 Å². The van der Waals surface area contributed by atoms with Crippen molar-refractivity contribution in [2.45, 2.75) is 57.5 Å². The van der Waals surface area contributed by atoms with Crippen molar-refractivity contribution in [2.24, 2.45) is 11.7 Å². The van der Waals surface area contributed by atoms with Crippen molar-refractivity contribution in [1.29, 1.82) is 0 Å². The number of hydrogen-bond donors (Lipinski definition) is 1. The second kappa shape index (κ2) is 5.89. The van der Waals surface area contributed by atoms with Gasteiger partial charge >= 0.3 is 0 Å². The second-order valence-corrected chi connectivity index (χ2v) is 6.77. The molecule has 2 N–H and O–H groups in total. The van der Waals surface area contributed by atoms with Crippen LogP contribution < -0.4 is 5.73 Å². The Morgan fingerprint density at radius 1 is 1.17 bits per heavy atom. The highest BCUT2D eigenvalue weighted by Crippen LogP contribution is 2.37. The summed E-state index contributed by atoms with van der Waals surface area (Å²) in [5, 5.41) is 0. The van der Waals surface area contributed by atoms with E-state index in [0.29, 0.717) is 11.6 Å². The second-order valence-electron chi connectivity index (χ2n) is 6.77. The van der Waals surface area contributed by atoms with Crippen LogP contribution in [-0.2, 0) is 0 Å². The lowest BCUT2D eigenvalue weighted by molar-refractivity contribution is 0.0169. The Hall–Kier alpha value is -0.120. The molecule has 0 bridgehead atoms. The van der Waals surface area contributed by atoms with Gasteiger partial charge in [-0.15, -0.1) is 0 Å². The van der Waals surface area contributed by atoms with E-state index >= 15 is 0 Å². The molecule has 1 unspecified atom stereocenters. The summed E-state index contributed by atoms with van der Waals surface area (Å²) in [5.74, 6) is 0.898. The zero-order valence-electron chi connectivity index (χ0n) is 12.5. The Morgan fingerprint density at radius 3 is 2.44 bits per heavy atom. The molecule has 2 aliphatic rings. The van der Waals surface area contributed by atoms with Crippen molar-refractivity contribution in [3.05, 3.63) is 0 Å². The molecule has 0 spiro atoms. The monoisotopic (exact) mass is 253 g/mol. The molecule has 106 valence electrons. The minimum Gasteiger partial charge on any atom is -0.329 e. The fourth-order valence-electron chi connectivity index (χ4n) is 3.99. The van der Waals surface area contributed by atoms with E-state index in [1.165, 1.54) is 51.7 Å². The summed E-state index contributed by atoms with van der Waals surface area (Å²) >= 11 is 0. The first kappa shape index (κ1) is 14.3. The summed E-state index contributed by atoms with van der Waals surface area (Å²) < 4.78 is 0. The first-order chi connectivity index (χ1) is 8.57. The average Bonchev–Trinajstić information content (AvgIpc) is 2.52. The summed E-state index contributed by atoms with van der Waals surface area (Å²) in [6.45, 7) is 9.28. The molecule has 1 aliphatic carbocycles. The summed E-state index contributed by atoms with van der Waals surface area (Å²) in [4.78, 5) is 5.22. The Morgan fingerprint density at radius 2 is 1.83 bits per heavy atom. The van der Waals surface area contributed by atoms with Gasteiger partial charge < -0.3 is 10.6 Å². The number of likely N-dealkylation sites (N-methyl/N-ethyl adjacent to an activating group) is 1. The fraction of sp³-hybridized carbons (Fsp3) is 1.00. The zero-order chi connectivity index (χ0) is 13.2. The molecular formula is C15H31N3. The molecule has 2 fully saturated rings. The number of hydrogen-bond acceptors (Lipinski definition) is 3. The van der Waals surface area contributed by atoms with E-state index in [1.807, 2.05) is 0 Å². The Balaban J connectivity index is 2.10. The largest absolute Gasteiger partial charge is 0.329 e. The molecule has 18 heavy (non-hydrogen) atoms. The van der Waals surface area contributed by atoms with Gasteiger partial charge in [0, 0.05) is 31.2 Å². The summed E-state index contributed by atoms with van der Waals surface area (Å²) in [7, 11) is 2.25. The Bertz CT molecular complexity index is 258. The molecule has 1 heterocycles. The van der Waals surface area contributed by atoms with Crippen LogP contribution in [0.5, 0.6) is 0 Å². The van der Waals surface area contributed by atoms with E-state index in [0.717, 1.165) is 12.5 Å². The van der Waals surface area contributed by atoms with Gasteiger partial charge in [0.05, 0.1) is 0 Å². The highest BCUT2D eigenvalue weighted by Gasteiger charge is 2.41. The van der Waals surface area contributed by atoms with Crippen molar-refractivity contribution in [3.8, 4) is 0 Å². The van der Waals surface area contributed by atoms with Gasteiger partial charge in [0.1, 0.15) is 0 Å². The number of rotatable bonds is 2. The van der Waals surface area contributed by atoms with Crippen LogP contribution >= 0.6 is 0 Å². The lowest BCUT2D eigenvalue weighted by Crippen LogP contribution is -2.59. The molecule has 0 aromatic rings. The molecule has 3 heteroatoms. The van der Waals surface area contributed by atoms with Gasteiger partial charge in [0.2, 0.25) is 0 Å². The van der Waals surface area contributed by atoms with Crippen molar-refractivity contribution < 1.29 is 0 Å². The molecule has 0 amide bonds. The van der Waals surface area contributed by atoms with E-state index in [4.69, 9.17) is 5.73 Å². The summed E-state index contributed by atoms with van der Waals surface area (Å²) in [5.41, 5.74) is 6.51. The quantitative estimate of drug-likeness (QED) is 0.816. The van der Waals surface area contributed by atoms with E-state index in [2.05, 4.69) is 30.7 Å². The molecule has 0 aromatic carbocycles. The molecular weight excluding hydrogens is 222 g/mol. The summed E-state index contributed by atoms with van der Waals surface area (Å²) in [6, 6.07) is 0.648. The predicted octanol–water partition coefficient (Wildman–Crippen LogP) is 1.92. The first-order valence-electron chi connectivity index (χ1n) is 7.73. The van der Waals surface area contributed by atoms with Crippen LogP contribution in [0.2, 0.25) is 0 Å². The molecule has 1 aliphatic heterocycles. The van der Waals surface area contributed by atoms with Crippen molar-refractivity contribution in [3.63, 3.8) is 0 Å². The highest BCUT2D eigenvalue weighted by atomic mass is 15.3. The zero-order valence-corrected chi connectivity index (χ0v) is 12.5. The smallest absolute Gasteiger partial charge is 0.0335 e. The molecule has 3 nitrogen and oxygen atoms in total. The van der Waals surface area contributed by atoms with Crippen molar-refractivity contribution in [1.82, 2.24) is 9.80 Å². The molecule has 2 rings (SSSR count). The third kappa shape index (κ3) is 2.89. The maximum Gasteiger partial charge on any atom is 0.0335 e. The first-order valence-corrected chi connectivity index (χ1v) is 7.73. The SMILES string of the molecule is CC1CCC(CN)(N2CCCN(C)CC2C)CC1. The fourth-order valence-corrected chi connectivity index (χ4v) is 3.99. The van der Waals surface area contributed by atoms with Crippen LogP contribution in [0, 0.1) is 5.92 Å². The van der Waals surface area contributed by atoms with Crippen LogP contribution in [0.25, 0.3) is 0 Å². The van der Waals surface area contributed by atoms with E-state index in [1.54, 1.807) is 0 Å². The van der Waals surface area contributed by atoms with Gasteiger partial charge in [-0.05, 0) is 58.5 Å². The number of nitrogens with zero attached hydrogens (tertiary/aromatic N) is 2. The maximum atomic E-state index is 6.21. The Labute approximate surface area is 113 Å². The lowest BCUT2D eigenvalue weighted by Gasteiger charge is -2.49. The van der Waals surface area contributed by atoms with Gasteiger partial charge in [-0.25, -0.2) is 0 Å². The van der Waals surface area contributed by atoms with Gasteiger partial charge in [-0.2, -0.15) is 0 Å². The van der Waals surface area contributed by atoms with E-state index in [-0.39, 0.29) is 0 Å². The predicted molar refractivity (Wildman–Crippen MR) is 77.7 cm³/mol. The van der Waals surface area contributed by atoms with Crippen LogP contribution in [0.1, 0.15) is 46.0 Å². The van der Waals surface area contributed by atoms with Gasteiger partial charge in [0.25, 0.3) is 0 Å². The maximum absolute atomic E-state index is 6.21.